The van der Waals surface area contributed by atoms with E-state index in [2.05, 4.69) is 41.0 Å². The Hall–Kier alpha value is -1.55. The van der Waals surface area contributed by atoms with Crippen molar-refractivity contribution in [3.05, 3.63) is 69.2 Å². The molecule has 1 aliphatic carbocycles. The highest BCUT2D eigenvalue weighted by molar-refractivity contribution is 6.42. The Balaban J connectivity index is 1.80. The van der Waals surface area contributed by atoms with Crippen LogP contribution in [0.15, 0.2) is 42.5 Å². The van der Waals surface area contributed by atoms with Crippen LogP contribution in [0.25, 0.3) is 0 Å². The average molecular weight is 391 g/mol. The van der Waals surface area contributed by atoms with Crippen LogP contribution >= 0.6 is 23.2 Å². The molecule has 3 nitrogen and oxygen atoms in total. The molecular weight excluding hydrogens is 367 g/mol. The molecule has 26 heavy (non-hydrogen) atoms. The van der Waals surface area contributed by atoms with Crippen LogP contribution < -0.4 is 10.6 Å². The molecule has 0 fully saturated rings. The molecule has 0 bridgehead atoms. The molecule has 0 aromatic heterocycles. The van der Waals surface area contributed by atoms with E-state index in [1.54, 1.807) is 0 Å². The van der Waals surface area contributed by atoms with E-state index in [1.165, 1.54) is 16.7 Å². The Labute approximate surface area is 165 Å². The van der Waals surface area contributed by atoms with Crippen LogP contribution in [-0.4, -0.2) is 18.5 Å². The lowest BCUT2D eigenvalue weighted by Crippen LogP contribution is -2.39. The first-order chi connectivity index (χ1) is 12.5. The van der Waals surface area contributed by atoms with E-state index in [1.807, 2.05) is 26.0 Å². The minimum absolute atomic E-state index is 0.0316. The number of carbonyl (C=O) groups is 1. The number of carbonyl (C=O) groups excluding carboxylic acids is 1. The van der Waals surface area contributed by atoms with E-state index < -0.39 is 0 Å². The average Bonchev–Trinajstić information content (AvgIpc) is 2.61. The molecule has 0 unspecified atom stereocenters. The molecule has 2 aromatic rings. The van der Waals surface area contributed by atoms with Crippen molar-refractivity contribution in [2.45, 2.75) is 44.7 Å². The van der Waals surface area contributed by atoms with Gasteiger partial charge in [-0.3, -0.25) is 4.79 Å². The standard InChI is InChI=1S/C21H24Cl2N2O/c1-13(2)25-21(26)12-24-20-10-8-15(16-5-3-4-6-17(16)20)14-7-9-18(22)19(23)11-14/h3-7,9,11,13,15,20,24H,8,10,12H2,1-2H3,(H,25,26)/t15-,20-/m0/s1. The second kappa shape index (κ2) is 8.43. The van der Waals surface area contributed by atoms with Gasteiger partial charge in [-0.05, 0) is 55.5 Å². The van der Waals surface area contributed by atoms with Crippen LogP contribution in [0.4, 0.5) is 0 Å². The molecule has 0 aliphatic heterocycles. The van der Waals surface area contributed by atoms with Gasteiger partial charge < -0.3 is 10.6 Å². The fraction of sp³-hybridized carbons (Fsp3) is 0.381. The van der Waals surface area contributed by atoms with Gasteiger partial charge >= 0.3 is 0 Å². The van der Waals surface area contributed by atoms with Crippen molar-refractivity contribution in [3.63, 3.8) is 0 Å². The highest BCUT2D eigenvalue weighted by atomic mass is 35.5. The molecule has 138 valence electrons. The van der Waals surface area contributed by atoms with E-state index >= 15 is 0 Å². The third-order valence-corrected chi connectivity index (χ3v) is 5.53. The summed E-state index contributed by atoms with van der Waals surface area (Å²) in [4.78, 5) is 12.0. The van der Waals surface area contributed by atoms with Gasteiger partial charge in [-0.15, -0.1) is 0 Å². The SMILES string of the molecule is CC(C)NC(=O)CN[C@H]1CC[C@@H](c2ccc(Cl)c(Cl)c2)c2ccccc21. The molecule has 1 aliphatic rings. The maximum absolute atomic E-state index is 12.0. The number of rotatable bonds is 5. The van der Waals surface area contributed by atoms with Gasteiger partial charge in [0, 0.05) is 18.0 Å². The maximum Gasteiger partial charge on any atom is 0.234 e. The van der Waals surface area contributed by atoms with Gasteiger partial charge in [-0.1, -0.05) is 53.5 Å². The largest absolute Gasteiger partial charge is 0.353 e. The van der Waals surface area contributed by atoms with Gasteiger partial charge in [-0.25, -0.2) is 0 Å². The van der Waals surface area contributed by atoms with Crippen molar-refractivity contribution in [1.82, 2.24) is 10.6 Å². The summed E-state index contributed by atoms with van der Waals surface area (Å²) in [6, 6.07) is 14.7. The smallest absolute Gasteiger partial charge is 0.234 e. The van der Waals surface area contributed by atoms with Crippen molar-refractivity contribution in [2.75, 3.05) is 6.54 Å². The van der Waals surface area contributed by atoms with Gasteiger partial charge in [-0.2, -0.15) is 0 Å². The Morgan fingerprint density at radius 1 is 1.08 bits per heavy atom. The molecule has 1 amide bonds. The lowest BCUT2D eigenvalue weighted by molar-refractivity contribution is -0.120. The van der Waals surface area contributed by atoms with Crippen LogP contribution in [0.1, 0.15) is 55.3 Å². The zero-order valence-corrected chi connectivity index (χ0v) is 16.6. The van der Waals surface area contributed by atoms with E-state index in [-0.39, 0.29) is 18.0 Å². The van der Waals surface area contributed by atoms with Crippen molar-refractivity contribution < 1.29 is 4.79 Å². The van der Waals surface area contributed by atoms with Crippen LogP contribution in [0.2, 0.25) is 10.0 Å². The molecule has 0 spiro atoms. The summed E-state index contributed by atoms with van der Waals surface area (Å²) < 4.78 is 0. The van der Waals surface area contributed by atoms with Crippen LogP contribution in [0.5, 0.6) is 0 Å². The van der Waals surface area contributed by atoms with Crippen molar-refractivity contribution in [1.29, 1.82) is 0 Å². The molecule has 0 saturated carbocycles. The molecule has 0 heterocycles. The Morgan fingerprint density at radius 2 is 1.81 bits per heavy atom. The van der Waals surface area contributed by atoms with Gasteiger partial charge in [0.15, 0.2) is 0 Å². The fourth-order valence-electron chi connectivity index (χ4n) is 3.67. The van der Waals surface area contributed by atoms with Gasteiger partial charge in [0.25, 0.3) is 0 Å². The molecule has 0 saturated heterocycles. The minimum Gasteiger partial charge on any atom is -0.353 e. The zero-order valence-electron chi connectivity index (χ0n) is 15.1. The number of amides is 1. The van der Waals surface area contributed by atoms with E-state index in [9.17, 15) is 4.79 Å². The summed E-state index contributed by atoms with van der Waals surface area (Å²) in [6.07, 6.45) is 1.97. The number of hydrogen-bond acceptors (Lipinski definition) is 2. The van der Waals surface area contributed by atoms with Gasteiger partial charge in [0.2, 0.25) is 5.91 Å². The lowest BCUT2D eigenvalue weighted by Gasteiger charge is -2.32. The third-order valence-electron chi connectivity index (χ3n) is 4.80. The van der Waals surface area contributed by atoms with Crippen molar-refractivity contribution in [3.8, 4) is 0 Å². The number of fused-ring (bicyclic) bond motifs is 1. The molecule has 5 heteroatoms. The quantitative estimate of drug-likeness (QED) is 0.747. The van der Waals surface area contributed by atoms with Crippen molar-refractivity contribution in [2.24, 2.45) is 0 Å². The Morgan fingerprint density at radius 3 is 2.50 bits per heavy atom. The highest BCUT2D eigenvalue weighted by Gasteiger charge is 2.28. The normalized spacial score (nSPS) is 19.3. The number of benzene rings is 2. The van der Waals surface area contributed by atoms with Crippen LogP contribution in [-0.2, 0) is 4.79 Å². The summed E-state index contributed by atoms with van der Waals surface area (Å²) >= 11 is 12.3. The first-order valence-corrected chi connectivity index (χ1v) is 9.78. The number of hydrogen-bond donors (Lipinski definition) is 2. The summed E-state index contributed by atoms with van der Waals surface area (Å²) in [5, 5.41) is 7.51. The molecule has 3 rings (SSSR count). The fourth-order valence-corrected chi connectivity index (χ4v) is 3.97. The molecule has 0 radical (unpaired) electrons. The number of nitrogens with one attached hydrogen (secondary N) is 2. The number of halogens is 2. The monoisotopic (exact) mass is 390 g/mol. The van der Waals surface area contributed by atoms with E-state index in [0.717, 1.165) is 12.8 Å². The van der Waals surface area contributed by atoms with Gasteiger partial charge in [0.05, 0.1) is 16.6 Å². The molecule has 2 N–H and O–H groups in total. The van der Waals surface area contributed by atoms with Crippen molar-refractivity contribution >= 4 is 29.1 Å². The second-order valence-electron chi connectivity index (χ2n) is 7.09. The van der Waals surface area contributed by atoms with Gasteiger partial charge in [0.1, 0.15) is 0 Å². The summed E-state index contributed by atoms with van der Waals surface area (Å²) in [7, 11) is 0. The van der Waals surface area contributed by atoms with E-state index in [4.69, 9.17) is 23.2 Å². The Bertz CT molecular complexity index is 791. The molecule has 2 atom stereocenters. The maximum atomic E-state index is 12.0. The molecule has 2 aromatic carbocycles. The highest BCUT2D eigenvalue weighted by Crippen LogP contribution is 2.42. The Kier molecular flexibility index (Phi) is 6.23. The van der Waals surface area contributed by atoms with Crippen LogP contribution in [0, 0.1) is 0 Å². The first-order valence-electron chi connectivity index (χ1n) is 9.02. The second-order valence-corrected chi connectivity index (χ2v) is 7.90. The summed E-state index contributed by atoms with van der Waals surface area (Å²) in [5.41, 5.74) is 3.73. The topological polar surface area (TPSA) is 41.1 Å². The minimum atomic E-state index is 0.0316. The van der Waals surface area contributed by atoms with E-state index in [0.29, 0.717) is 22.5 Å². The first kappa shape index (κ1) is 19.2. The third kappa shape index (κ3) is 4.40. The summed E-state index contributed by atoms with van der Waals surface area (Å²) in [6.45, 7) is 4.26. The van der Waals surface area contributed by atoms with Crippen LogP contribution in [0.3, 0.4) is 0 Å². The molecular formula is C21H24Cl2N2O. The summed E-state index contributed by atoms with van der Waals surface area (Å²) in [5.74, 6) is 0.326. The zero-order chi connectivity index (χ0) is 18.7. The predicted molar refractivity (Wildman–Crippen MR) is 108 cm³/mol. The lowest BCUT2D eigenvalue weighted by atomic mass is 9.77. The predicted octanol–water partition coefficient (Wildman–Crippen LogP) is 5.07.